The fourth-order valence-corrected chi connectivity index (χ4v) is 2.27. The third-order valence-electron chi connectivity index (χ3n) is 3.64. The molecule has 2 aliphatic rings. The van der Waals surface area contributed by atoms with E-state index in [1.807, 2.05) is 0 Å². The summed E-state index contributed by atoms with van der Waals surface area (Å²) in [7, 11) is 0. The zero-order valence-electron chi connectivity index (χ0n) is 13.1. The highest BCUT2D eigenvalue weighted by Crippen LogP contribution is 2.46. The number of nitrogens with one attached hydrogen (secondary N) is 1. The van der Waals surface area contributed by atoms with Gasteiger partial charge in [0.1, 0.15) is 0 Å². The molecule has 0 bridgehead atoms. The van der Waals surface area contributed by atoms with Crippen molar-refractivity contribution >= 4 is 6.03 Å². The number of nitrogens with zero attached hydrogens (tertiary/aromatic N) is 1. The predicted octanol–water partition coefficient (Wildman–Crippen LogP) is 2.52. The van der Waals surface area contributed by atoms with E-state index in [1.165, 1.54) is 44.0 Å². The molecule has 6 nitrogen and oxygen atoms in total. The quantitative estimate of drug-likeness (QED) is 0.876. The Kier molecular flexibility index (Phi) is 5.87. The van der Waals surface area contributed by atoms with Crippen LogP contribution in [0.3, 0.4) is 0 Å². The second-order valence-electron chi connectivity index (χ2n) is 5.76. The highest BCUT2D eigenvalue weighted by atomic mass is 19.4. The van der Waals surface area contributed by atoms with E-state index in [0.717, 1.165) is 6.61 Å². The number of aromatic nitrogens is 1. The van der Waals surface area contributed by atoms with Crippen molar-refractivity contribution in [2.45, 2.75) is 44.0 Å². The number of hydrogen-bond donors (Lipinski definition) is 2. The van der Waals surface area contributed by atoms with Crippen LogP contribution in [0.5, 0.6) is 5.88 Å². The molecule has 24 heavy (non-hydrogen) atoms. The van der Waals surface area contributed by atoms with Gasteiger partial charge >= 0.3 is 12.2 Å². The van der Waals surface area contributed by atoms with Gasteiger partial charge in [0.05, 0.1) is 5.60 Å². The summed E-state index contributed by atoms with van der Waals surface area (Å²) in [4.78, 5) is 14.0. The van der Waals surface area contributed by atoms with Crippen molar-refractivity contribution in [3.8, 4) is 5.88 Å². The van der Waals surface area contributed by atoms with Crippen molar-refractivity contribution < 1.29 is 27.4 Å². The summed E-state index contributed by atoms with van der Waals surface area (Å²) < 4.78 is 45.5. The van der Waals surface area contributed by atoms with Gasteiger partial charge in [-0.3, -0.25) is 0 Å². The molecule has 1 aromatic heterocycles. The van der Waals surface area contributed by atoms with Gasteiger partial charge in [-0.2, -0.15) is 13.2 Å². The van der Waals surface area contributed by atoms with Gasteiger partial charge in [-0.05, 0) is 37.3 Å². The lowest BCUT2D eigenvalue weighted by Gasteiger charge is -2.09. The molecule has 1 aliphatic heterocycles. The van der Waals surface area contributed by atoms with Crippen LogP contribution in [0.2, 0.25) is 0 Å². The largest absolute Gasteiger partial charge is 0.468 e. The summed E-state index contributed by atoms with van der Waals surface area (Å²) in [6.07, 6.45) is 2.19. The molecule has 1 aliphatic carbocycles. The molecule has 134 valence electrons. The van der Waals surface area contributed by atoms with E-state index < -0.39 is 18.8 Å². The lowest BCUT2D eigenvalue weighted by Crippen LogP contribution is -2.28. The molecule has 3 rings (SSSR count). The zero-order chi connectivity index (χ0) is 17.6. The first kappa shape index (κ1) is 18.3. The number of nitrogens with two attached hydrogens (primary N) is 1. The molecule has 1 spiro atoms. The Labute approximate surface area is 137 Å². The van der Waals surface area contributed by atoms with Crippen molar-refractivity contribution in [3.63, 3.8) is 0 Å². The van der Waals surface area contributed by atoms with Crippen LogP contribution >= 0.6 is 0 Å². The number of hydrogen-bond acceptors (Lipinski definition) is 4. The number of ether oxygens (including phenoxy) is 2. The molecule has 1 saturated carbocycles. The van der Waals surface area contributed by atoms with Gasteiger partial charge in [0.25, 0.3) is 0 Å². The van der Waals surface area contributed by atoms with Gasteiger partial charge in [0, 0.05) is 25.4 Å². The number of alkyl halides is 3. The van der Waals surface area contributed by atoms with Crippen LogP contribution in [0.1, 0.15) is 31.2 Å². The third-order valence-corrected chi connectivity index (χ3v) is 3.64. The van der Waals surface area contributed by atoms with Crippen LogP contribution in [0.4, 0.5) is 18.0 Å². The van der Waals surface area contributed by atoms with Crippen molar-refractivity contribution in [2.75, 3.05) is 13.2 Å². The number of primary amides is 1. The summed E-state index contributed by atoms with van der Waals surface area (Å²) in [6.45, 7) is -0.285. The average Bonchev–Trinajstić information content (AvgIpc) is 3.11. The van der Waals surface area contributed by atoms with Gasteiger partial charge < -0.3 is 20.5 Å². The van der Waals surface area contributed by atoms with Crippen LogP contribution in [-0.4, -0.2) is 36.0 Å². The van der Waals surface area contributed by atoms with Crippen LogP contribution < -0.4 is 15.8 Å². The minimum Gasteiger partial charge on any atom is -0.468 e. The Morgan fingerprint density at radius 3 is 2.67 bits per heavy atom. The molecule has 0 aromatic carbocycles. The molecular weight excluding hydrogens is 327 g/mol. The van der Waals surface area contributed by atoms with E-state index in [4.69, 9.17) is 10.5 Å². The molecule has 2 amide bonds. The van der Waals surface area contributed by atoms with Crippen molar-refractivity contribution in [3.05, 3.63) is 23.9 Å². The molecule has 0 unspecified atom stereocenters. The number of rotatable bonds is 4. The lowest BCUT2D eigenvalue weighted by atomic mass is 10.2. The minimum atomic E-state index is -4.41. The second-order valence-corrected chi connectivity index (χ2v) is 5.76. The standard InChI is InChI=1S/C9H10F3N3O2.C6H10O/c10-9(11,12)5-17-7-3-6(1-2-14-7)4-15-8(13)16;1-2-6(3-4-6)7-5-1/h1-3H,4-5H2,(H3,13,15,16);1-5H2. The number of urea groups is 1. The first-order chi connectivity index (χ1) is 11.3. The normalized spacial score (nSPS) is 17.8. The number of amides is 2. The van der Waals surface area contributed by atoms with Crippen molar-refractivity contribution in [1.29, 1.82) is 0 Å². The maximum Gasteiger partial charge on any atom is 0.422 e. The van der Waals surface area contributed by atoms with Crippen LogP contribution in [0, 0.1) is 0 Å². The van der Waals surface area contributed by atoms with Crippen LogP contribution in [-0.2, 0) is 11.3 Å². The van der Waals surface area contributed by atoms with E-state index in [-0.39, 0.29) is 12.4 Å². The third kappa shape index (κ3) is 6.61. The van der Waals surface area contributed by atoms with Crippen molar-refractivity contribution in [1.82, 2.24) is 10.3 Å². The van der Waals surface area contributed by atoms with Crippen LogP contribution in [0.25, 0.3) is 0 Å². The fraction of sp³-hybridized carbons (Fsp3) is 0.600. The van der Waals surface area contributed by atoms with E-state index >= 15 is 0 Å². The van der Waals surface area contributed by atoms with Gasteiger partial charge in [0.2, 0.25) is 5.88 Å². The SMILES string of the molecule is C1COC2(C1)CC2.NC(=O)NCc1ccnc(OCC(F)(F)F)c1. The monoisotopic (exact) mass is 347 g/mol. The fourth-order valence-electron chi connectivity index (χ4n) is 2.27. The van der Waals surface area contributed by atoms with Gasteiger partial charge in [-0.15, -0.1) is 0 Å². The molecule has 0 radical (unpaired) electrons. The zero-order valence-corrected chi connectivity index (χ0v) is 13.1. The Hall–Kier alpha value is -2.03. The number of halogens is 3. The first-order valence-corrected chi connectivity index (χ1v) is 7.60. The Morgan fingerprint density at radius 2 is 2.17 bits per heavy atom. The van der Waals surface area contributed by atoms with E-state index in [9.17, 15) is 18.0 Å². The molecule has 9 heteroatoms. The number of carbonyl (C=O) groups excluding carboxylic acids is 1. The molecular formula is C15H20F3N3O3. The van der Waals surface area contributed by atoms with E-state index in [0.29, 0.717) is 11.2 Å². The Balaban J connectivity index is 0.000000242. The summed E-state index contributed by atoms with van der Waals surface area (Å²) >= 11 is 0. The molecule has 1 aromatic rings. The highest BCUT2D eigenvalue weighted by molar-refractivity contribution is 5.71. The molecule has 2 heterocycles. The Bertz CT molecular complexity index is 554. The van der Waals surface area contributed by atoms with Crippen molar-refractivity contribution in [2.24, 2.45) is 5.73 Å². The van der Waals surface area contributed by atoms with Gasteiger partial charge in [-0.1, -0.05) is 0 Å². The van der Waals surface area contributed by atoms with Gasteiger partial charge in [0.15, 0.2) is 6.61 Å². The van der Waals surface area contributed by atoms with E-state index in [1.54, 1.807) is 0 Å². The summed E-state index contributed by atoms with van der Waals surface area (Å²) in [6, 6.07) is 2.09. The second kappa shape index (κ2) is 7.69. The average molecular weight is 347 g/mol. The maximum absolute atomic E-state index is 11.9. The lowest BCUT2D eigenvalue weighted by molar-refractivity contribution is -0.154. The molecule has 1 saturated heterocycles. The summed E-state index contributed by atoms with van der Waals surface area (Å²) in [5, 5.41) is 2.29. The smallest absolute Gasteiger partial charge is 0.422 e. The van der Waals surface area contributed by atoms with Crippen LogP contribution in [0.15, 0.2) is 18.3 Å². The Morgan fingerprint density at radius 1 is 1.42 bits per heavy atom. The molecule has 0 atom stereocenters. The van der Waals surface area contributed by atoms with Gasteiger partial charge in [-0.25, -0.2) is 9.78 Å². The predicted molar refractivity (Wildman–Crippen MR) is 79.4 cm³/mol. The topological polar surface area (TPSA) is 86.5 Å². The number of pyridine rings is 1. The van der Waals surface area contributed by atoms with E-state index in [2.05, 4.69) is 15.0 Å². The minimum absolute atomic E-state index is 0.0975. The first-order valence-electron chi connectivity index (χ1n) is 7.60. The number of carbonyl (C=O) groups is 1. The highest BCUT2D eigenvalue weighted by Gasteiger charge is 2.46. The molecule has 3 N–H and O–H groups in total. The molecule has 2 fully saturated rings. The maximum atomic E-state index is 11.9. The summed E-state index contributed by atoms with van der Waals surface area (Å²) in [5.41, 5.74) is 5.83. The summed E-state index contributed by atoms with van der Waals surface area (Å²) in [5.74, 6) is -0.161.